The Hall–Kier alpha value is -0.800. The maximum absolute atomic E-state index is 5.84. The molecule has 0 aliphatic carbocycles. The van der Waals surface area contributed by atoms with Gasteiger partial charge in [0.15, 0.2) is 0 Å². The molecule has 3 heteroatoms. The van der Waals surface area contributed by atoms with Crippen LogP contribution in [0.2, 0.25) is 0 Å². The van der Waals surface area contributed by atoms with Crippen molar-refractivity contribution in [3.63, 3.8) is 0 Å². The molecule has 2 rings (SSSR count). The van der Waals surface area contributed by atoms with E-state index in [1.54, 1.807) is 0 Å². The molecular weight excluding hydrogens is 252 g/mol. The fourth-order valence-corrected chi connectivity index (χ4v) is 2.30. The van der Waals surface area contributed by atoms with Crippen LogP contribution in [-0.2, 0) is 13.5 Å². The first-order valence-corrected chi connectivity index (χ1v) is 5.86. The summed E-state index contributed by atoms with van der Waals surface area (Å²) in [7, 11) is 2.07. The van der Waals surface area contributed by atoms with Crippen molar-refractivity contribution in [1.82, 2.24) is 4.57 Å². The molecule has 0 saturated heterocycles. The van der Waals surface area contributed by atoms with Crippen molar-refractivity contribution in [1.29, 1.82) is 0 Å². The fourth-order valence-electron chi connectivity index (χ4n) is 1.95. The van der Waals surface area contributed by atoms with Gasteiger partial charge in [0, 0.05) is 34.7 Å². The number of hydrogen-bond donors (Lipinski definition) is 1. The van der Waals surface area contributed by atoms with Gasteiger partial charge in [-0.1, -0.05) is 22.0 Å². The molecule has 80 valence electrons. The third-order valence-corrected chi connectivity index (χ3v) is 3.07. The van der Waals surface area contributed by atoms with E-state index in [4.69, 9.17) is 5.73 Å². The van der Waals surface area contributed by atoms with Gasteiger partial charge < -0.3 is 10.3 Å². The van der Waals surface area contributed by atoms with Crippen LogP contribution in [-0.4, -0.2) is 10.6 Å². The second-order valence-electron chi connectivity index (χ2n) is 4.11. The second-order valence-corrected chi connectivity index (χ2v) is 5.02. The summed E-state index contributed by atoms with van der Waals surface area (Å²) in [6.45, 7) is 2.04. The number of halogens is 1. The molecule has 2 nitrogen and oxygen atoms in total. The molecule has 15 heavy (non-hydrogen) atoms. The van der Waals surface area contributed by atoms with Gasteiger partial charge in [0.1, 0.15) is 0 Å². The van der Waals surface area contributed by atoms with Crippen LogP contribution in [0.25, 0.3) is 10.9 Å². The molecule has 0 fully saturated rings. The van der Waals surface area contributed by atoms with Gasteiger partial charge in [0.05, 0.1) is 0 Å². The highest BCUT2D eigenvalue weighted by atomic mass is 79.9. The van der Waals surface area contributed by atoms with Gasteiger partial charge >= 0.3 is 0 Å². The summed E-state index contributed by atoms with van der Waals surface area (Å²) in [4.78, 5) is 0. The summed E-state index contributed by atoms with van der Waals surface area (Å²) in [6.07, 6.45) is 3.10. The van der Waals surface area contributed by atoms with Gasteiger partial charge in [-0.05, 0) is 31.0 Å². The Morgan fingerprint density at radius 2 is 2.20 bits per heavy atom. The van der Waals surface area contributed by atoms with Gasteiger partial charge in [-0.15, -0.1) is 0 Å². The number of hydrogen-bond acceptors (Lipinski definition) is 1. The Kier molecular flexibility index (Phi) is 2.85. The Labute approximate surface area is 98.2 Å². The van der Waals surface area contributed by atoms with E-state index in [2.05, 4.69) is 51.9 Å². The quantitative estimate of drug-likeness (QED) is 0.891. The number of aromatic nitrogens is 1. The number of nitrogens with zero attached hydrogens (tertiary/aromatic N) is 1. The van der Waals surface area contributed by atoms with E-state index >= 15 is 0 Å². The zero-order valence-corrected chi connectivity index (χ0v) is 10.6. The van der Waals surface area contributed by atoms with Crippen molar-refractivity contribution < 1.29 is 0 Å². The monoisotopic (exact) mass is 266 g/mol. The van der Waals surface area contributed by atoms with Crippen LogP contribution in [0, 0.1) is 0 Å². The van der Waals surface area contributed by atoms with Gasteiger partial charge in [-0.2, -0.15) is 0 Å². The van der Waals surface area contributed by atoms with Crippen molar-refractivity contribution in [2.75, 3.05) is 0 Å². The lowest BCUT2D eigenvalue weighted by Gasteiger charge is -2.02. The lowest BCUT2D eigenvalue weighted by Crippen LogP contribution is -2.17. The van der Waals surface area contributed by atoms with Crippen LogP contribution in [0.4, 0.5) is 0 Å². The lowest BCUT2D eigenvalue weighted by molar-refractivity contribution is 0.738. The first-order chi connectivity index (χ1) is 7.08. The minimum Gasteiger partial charge on any atom is -0.350 e. The van der Waals surface area contributed by atoms with E-state index in [0.717, 1.165) is 10.9 Å². The van der Waals surface area contributed by atoms with Crippen LogP contribution < -0.4 is 5.73 Å². The smallest absolute Gasteiger partial charge is 0.0491 e. The molecule has 0 bridgehead atoms. The maximum atomic E-state index is 5.84. The number of rotatable bonds is 2. The van der Waals surface area contributed by atoms with Crippen LogP contribution in [0.5, 0.6) is 0 Å². The molecule has 1 heterocycles. The molecule has 1 atom stereocenters. The van der Waals surface area contributed by atoms with E-state index in [0.29, 0.717) is 0 Å². The molecule has 0 spiro atoms. The van der Waals surface area contributed by atoms with E-state index in [1.807, 2.05) is 6.92 Å². The van der Waals surface area contributed by atoms with Crippen LogP contribution in [0.1, 0.15) is 12.5 Å². The summed E-state index contributed by atoms with van der Waals surface area (Å²) < 4.78 is 3.26. The maximum Gasteiger partial charge on any atom is 0.0491 e. The van der Waals surface area contributed by atoms with Crippen molar-refractivity contribution in [2.45, 2.75) is 19.4 Å². The molecule has 1 aromatic carbocycles. The second kappa shape index (κ2) is 3.99. The highest BCUT2D eigenvalue weighted by molar-refractivity contribution is 9.10. The highest BCUT2D eigenvalue weighted by Gasteiger charge is 2.08. The predicted octanol–water partition coefficient (Wildman–Crippen LogP) is 2.83. The number of fused-ring (bicyclic) bond motifs is 1. The molecule has 0 radical (unpaired) electrons. The standard InChI is InChI=1S/C12H15BrN2/c1-8(14)5-9-7-15(2)12-6-10(13)3-4-11(9)12/h3-4,6-8H,5,14H2,1-2H3. The molecule has 0 amide bonds. The number of benzene rings is 1. The molecule has 1 aromatic heterocycles. The first kappa shape index (κ1) is 10.7. The van der Waals surface area contributed by atoms with Gasteiger partial charge in [-0.3, -0.25) is 0 Å². The van der Waals surface area contributed by atoms with Crippen molar-refractivity contribution in [3.8, 4) is 0 Å². The summed E-state index contributed by atoms with van der Waals surface area (Å²) in [5, 5.41) is 1.30. The third-order valence-electron chi connectivity index (χ3n) is 2.58. The normalized spacial score (nSPS) is 13.3. The Balaban J connectivity index is 2.57. The molecule has 1 unspecified atom stereocenters. The van der Waals surface area contributed by atoms with Gasteiger partial charge in [0.25, 0.3) is 0 Å². The predicted molar refractivity (Wildman–Crippen MR) is 68.0 cm³/mol. The highest BCUT2D eigenvalue weighted by Crippen LogP contribution is 2.24. The molecular formula is C12H15BrN2. The summed E-state index contributed by atoms with van der Waals surface area (Å²) >= 11 is 3.49. The van der Waals surface area contributed by atoms with E-state index in [1.165, 1.54) is 16.5 Å². The largest absolute Gasteiger partial charge is 0.350 e. The number of nitrogens with two attached hydrogens (primary N) is 1. The molecule has 2 aromatic rings. The Bertz CT molecular complexity index is 486. The van der Waals surface area contributed by atoms with Gasteiger partial charge in [0.2, 0.25) is 0 Å². The van der Waals surface area contributed by atoms with Crippen LogP contribution in [0.15, 0.2) is 28.9 Å². The Morgan fingerprint density at radius 3 is 2.87 bits per heavy atom. The third kappa shape index (κ3) is 2.08. The summed E-state index contributed by atoms with van der Waals surface area (Å²) in [5.41, 5.74) is 8.41. The minimum absolute atomic E-state index is 0.208. The summed E-state index contributed by atoms with van der Waals surface area (Å²) in [6, 6.07) is 6.57. The molecule has 0 saturated carbocycles. The average molecular weight is 267 g/mol. The lowest BCUT2D eigenvalue weighted by atomic mass is 10.1. The molecule has 2 N–H and O–H groups in total. The topological polar surface area (TPSA) is 30.9 Å². The summed E-state index contributed by atoms with van der Waals surface area (Å²) in [5.74, 6) is 0. The Morgan fingerprint density at radius 1 is 1.47 bits per heavy atom. The van der Waals surface area contributed by atoms with Crippen molar-refractivity contribution >= 4 is 26.8 Å². The molecule has 0 aliphatic rings. The van der Waals surface area contributed by atoms with E-state index < -0.39 is 0 Å². The van der Waals surface area contributed by atoms with Crippen LogP contribution in [0.3, 0.4) is 0 Å². The fraction of sp³-hybridized carbons (Fsp3) is 0.333. The van der Waals surface area contributed by atoms with E-state index in [9.17, 15) is 0 Å². The zero-order chi connectivity index (χ0) is 11.0. The SMILES string of the molecule is CC(N)Cc1cn(C)c2cc(Br)ccc12. The van der Waals surface area contributed by atoms with E-state index in [-0.39, 0.29) is 6.04 Å². The van der Waals surface area contributed by atoms with Gasteiger partial charge in [-0.25, -0.2) is 0 Å². The van der Waals surface area contributed by atoms with Crippen LogP contribution >= 0.6 is 15.9 Å². The first-order valence-electron chi connectivity index (χ1n) is 5.07. The van der Waals surface area contributed by atoms with Crippen molar-refractivity contribution in [2.24, 2.45) is 12.8 Å². The molecule has 0 aliphatic heterocycles. The average Bonchev–Trinajstić information content (AvgIpc) is 2.42. The minimum atomic E-state index is 0.208. The number of aryl methyl sites for hydroxylation is 1. The zero-order valence-electron chi connectivity index (χ0n) is 9.00. The van der Waals surface area contributed by atoms with Crippen molar-refractivity contribution in [3.05, 3.63) is 34.4 Å².